The monoisotopic (exact) mass is 513 g/mol. The van der Waals surface area contributed by atoms with Gasteiger partial charge in [-0.15, -0.1) is 0 Å². The summed E-state index contributed by atoms with van der Waals surface area (Å²) in [5, 5.41) is 13.6. The molecule has 4 N–H and O–H groups in total. The van der Waals surface area contributed by atoms with Crippen molar-refractivity contribution < 1.29 is 18.7 Å². The van der Waals surface area contributed by atoms with Gasteiger partial charge in [0.25, 0.3) is 0 Å². The van der Waals surface area contributed by atoms with Crippen molar-refractivity contribution in [3.05, 3.63) is 64.5 Å². The van der Waals surface area contributed by atoms with Gasteiger partial charge >= 0.3 is 0 Å². The molecule has 3 heterocycles. The van der Waals surface area contributed by atoms with Crippen LogP contribution >= 0.6 is 11.3 Å². The first kappa shape index (κ1) is 24.6. The number of carbonyl (C=O) groups is 1. The van der Waals surface area contributed by atoms with Gasteiger partial charge in [-0.3, -0.25) is 9.69 Å². The molecule has 3 aromatic rings. The summed E-state index contributed by atoms with van der Waals surface area (Å²) < 4.78 is 27.0. The van der Waals surface area contributed by atoms with Crippen LogP contribution in [0.15, 0.2) is 42.5 Å². The minimum Gasteiger partial charge on any atom is -0.392 e. The summed E-state index contributed by atoms with van der Waals surface area (Å²) in [6.07, 6.45) is 3.95. The molecule has 1 atom stereocenters. The zero-order chi connectivity index (χ0) is 25.2. The van der Waals surface area contributed by atoms with E-state index in [9.17, 15) is 18.7 Å². The molecule has 5 rings (SSSR count). The number of thiazole rings is 1. The first-order valence-electron chi connectivity index (χ1n) is 12.2. The molecule has 2 aliphatic rings. The number of nitrogens with one attached hydrogen (secondary N) is 1. The molecule has 36 heavy (non-hydrogen) atoms. The van der Waals surface area contributed by atoms with Gasteiger partial charge < -0.3 is 21.1 Å². The number of hydrogen-bond donors (Lipinski definition) is 3. The number of nitrogens with two attached hydrogens (primary N) is 1. The zero-order valence-electron chi connectivity index (χ0n) is 19.8. The summed E-state index contributed by atoms with van der Waals surface area (Å²) in [4.78, 5) is 21.9. The number of aromatic nitrogens is 1. The molecule has 1 unspecified atom stereocenters. The third-order valence-corrected chi connectivity index (χ3v) is 7.86. The number of piperidine rings is 2. The lowest BCUT2D eigenvalue weighted by Crippen LogP contribution is -2.49. The van der Waals surface area contributed by atoms with Crippen LogP contribution in [-0.2, 0) is 0 Å². The number of nitrogen functional groups attached to an aromatic ring is 1. The van der Waals surface area contributed by atoms with Gasteiger partial charge in [-0.25, -0.2) is 13.8 Å². The fourth-order valence-corrected chi connectivity index (χ4v) is 5.91. The number of rotatable bonds is 6. The van der Waals surface area contributed by atoms with Gasteiger partial charge in [-0.2, -0.15) is 0 Å². The quantitative estimate of drug-likeness (QED) is 0.421. The van der Waals surface area contributed by atoms with Gasteiger partial charge in [0.1, 0.15) is 22.3 Å². The molecule has 0 spiro atoms. The van der Waals surface area contributed by atoms with Gasteiger partial charge in [-0.1, -0.05) is 11.3 Å². The number of ketones is 1. The first-order valence-corrected chi connectivity index (χ1v) is 13.0. The normalized spacial score (nSPS) is 19.4. The maximum Gasteiger partial charge on any atom is 0.207 e. The van der Waals surface area contributed by atoms with Crippen LogP contribution in [-0.4, -0.2) is 59.1 Å². The molecule has 2 aromatic carbocycles. The Morgan fingerprint density at radius 1 is 1.06 bits per heavy atom. The van der Waals surface area contributed by atoms with Gasteiger partial charge in [0.05, 0.1) is 6.10 Å². The van der Waals surface area contributed by atoms with Crippen molar-refractivity contribution in [2.75, 3.05) is 42.1 Å². The maximum absolute atomic E-state index is 13.5. The smallest absolute Gasteiger partial charge is 0.207 e. The van der Waals surface area contributed by atoms with Crippen LogP contribution in [0.5, 0.6) is 0 Å². The fourth-order valence-electron chi connectivity index (χ4n) is 5.05. The fraction of sp³-hybridized carbons (Fsp3) is 0.385. The summed E-state index contributed by atoms with van der Waals surface area (Å²) in [5.41, 5.74) is 7.75. The van der Waals surface area contributed by atoms with E-state index in [1.54, 1.807) is 0 Å². The van der Waals surface area contributed by atoms with Crippen molar-refractivity contribution in [3.8, 4) is 0 Å². The number of aliphatic hydroxyl groups is 1. The molecule has 0 bridgehead atoms. The Morgan fingerprint density at radius 2 is 1.75 bits per heavy atom. The third-order valence-electron chi connectivity index (χ3n) is 6.88. The van der Waals surface area contributed by atoms with Crippen LogP contribution < -0.4 is 16.0 Å². The van der Waals surface area contributed by atoms with Crippen molar-refractivity contribution in [2.45, 2.75) is 37.8 Å². The molecule has 1 aromatic heterocycles. The molecule has 0 amide bonds. The van der Waals surface area contributed by atoms with E-state index in [4.69, 9.17) is 5.73 Å². The Kier molecular flexibility index (Phi) is 7.17. The van der Waals surface area contributed by atoms with Crippen LogP contribution in [0.25, 0.3) is 0 Å². The van der Waals surface area contributed by atoms with Gasteiger partial charge in [0, 0.05) is 48.7 Å². The Hall–Kier alpha value is -3.08. The second-order valence-electron chi connectivity index (χ2n) is 9.40. The van der Waals surface area contributed by atoms with E-state index in [-0.39, 0.29) is 22.4 Å². The highest BCUT2D eigenvalue weighted by Gasteiger charge is 2.28. The number of likely N-dealkylation sites (tertiary alicyclic amines) is 1. The Labute approximate surface area is 212 Å². The van der Waals surface area contributed by atoms with Crippen molar-refractivity contribution in [1.29, 1.82) is 0 Å². The third kappa shape index (κ3) is 5.50. The largest absolute Gasteiger partial charge is 0.392 e. The zero-order valence-corrected chi connectivity index (χ0v) is 20.6. The molecule has 2 saturated heterocycles. The molecule has 0 radical (unpaired) electrons. The van der Waals surface area contributed by atoms with E-state index in [0.29, 0.717) is 17.2 Å². The Balaban J connectivity index is 1.20. The summed E-state index contributed by atoms with van der Waals surface area (Å²) >= 11 is 1.04. The molecular weight excluding hydrogens is 484 g/mol. The Morgan fingerprint density at radius 3 is 2.42 bits per heavy atom. The summed E-state index contributed by atoms with van der Waals surface area (Å²) in [6.45, 7) is 3.81. The van der Waals surface area contributed by atoms with Gasteiger partial charge in [0.15, 0.2) is 5.13 Å². The van der Waals surface area contributed by atoms with E-state index in [1.165, 1.54) is 0 Å². The summed E-state index contributed by atoms with van der Waals surface area (Å²) in [5.74, 6) is -2.21. The topological polar surface area (TPSA) is 94.7 Å². The molecule has 2 fully saturated rings. The Bertz CT molecular complexity index is 1210. The van der Waals surface area contributed by atoms with E-state index >= 15 is 0 Å². The average Bonchev–Trinajstić information content (AvgIpc) is 3.23. The molecule has 0 aliphatic carbocycles. The SMILES string of the molecule is Nc1nc(Nc2ccc(N3CCC(N4CCCC(O)C4)CC3)cc2)sc1C(=O)c1cc(F)cc(F)c1. The molecule has 2 aliphatic heterocycles. The lowest BCUT2D eigenvalue weighted by atomic mass is 9.98. The van der Waals surface area contributed by atoms with Crippen molar-refractivity contribution >= 4 is 39.4 Å². The van der Waals surface area contributed by atoms with Crippen LogP contribution in [0.3, 0.4) is 0 Å². The van der Waals surface area contributed by atoms with Gasteiger partial charge in [-0.05, 0) is 68.6 Å². The highest BCUT2D eigenvalue weighted by atomic mass is 32.1. The summed E-state index contributed by atoms with van der Waals surface area (Å²) in [7, 11) is 0. The van der Waals surface area contributed by atoms with E-state index in [2.05, 4.69) is 20.1 Å². The molecule has 10 heteroatoms. The average molecular weight is 514 g/mol. The number of hydrogen-bond acceptors (Lipinski definition) is 8. The van der Waals surface area contributed by atoms with Crippen molar-refractivity contribution in [1.82, 2.24) is 9.88 Å². The number of anilines is 4. The highest BCUT2D eigenvalue weighted by Crippen LogP contribution is 2.31. The van der Waals surface area contributed by atoms with E-state index in [0.717, 1.165) is 86.7 Å². The van der Waals surface area contributed by atoms with E-state index in [1.807, 2.05) is 24.3 Å². The minimum absolute atomic E-state index is 0.0119. The lowest BCUT2D eigenvalue weighted by Gasteiger charge is -2.42. The van der Waals surface area contributed by atoms with Gasteiger partial charge in [0.2, 0.25) is 5.78 Å². The summed E-state index contributed by atoms with van der Waals surface area (Å²) in [6, 6.07) is 11.2. The highest BCUT2D eigenvalue weighted by molar-refractivity contribution is 7.18. The number of halogens is 2. The standard InChI is InChI=1S/C26H29F2N5O2S/c27-17-12-16(13-18(28)14-17)23(35)24-25(29)31-26(36-24)30-19-3-5-20(6-4-19)32-10-7-21(8-11-32)33-9-1-2-22(34)15-33/h3-6,12-14,21-22,34H,1-2,7-11,15,29H2,(H,30,31). The van der Waals surface area contributed by atoms with Crippen LogP contribution in [0.2, 0.25) is 0 Å². The van der Waals surface area contributed by atoms with Crippen LogP contribution in [0.1, 0.15) is 40.9 Å². The maximum atomic E-state index is 13.5. The van der Waals surface area contributed by atoms with Crippen molar-refractivity contribution in [3.63, 3.8) is 0 Å². The number of β-amino-alcohol motifs (C(OH)–C–C–N with tert-alkyl or cyclic N) is 1. The van der Waals surface area contributed by atoms with Crippen molar-refractivity contribution in [2.24, 2.45) is 0 Å². The van der Waals surface area contributed by atoms with Crippen LogP contribution in [0, 0.1) is 11.6 Å². The molecule has 7 nitrogen and oxygen atoms in total. The second kappa shape index (κ2) is 10.5. The van der Waals surface area contributed by atoms with E-state index < -0.39 is 17.4 Å². The number of carbonyl (C=O) groups excluding carboxylic acids is 1. The molecule has 190 valence electrons. The molecular formula is C26H29F2N5O2S. The molecule has 0 saturated carbocycles. The predicted octanol–water partition coefficient (Wildman–Crippen LogP) is 4.40. The number of nitrogens with zero attached hydrogens (tertiary/aromatic N) is 3. The minimum atomic E-state index is -0.825. The van der Waals surface area contributed by atoms with Crippen LogP contribution in [0.4, 0.5) is 31.1 Å². The number of benzene rings is 2. The first-order chi connectivity index (χ1) is 17.4. The second-order valence-corrected chi connectivity index (χ2v) is 10.4. The lowest BCUT2D eigenvalue weighted by molar-refractivity contribution is 0.0398. The number of aliphatic hydroxyl groups excluding tert-OH is 1. The predicted molar refractivity (Wildman–Crippen MR) is 138 cm³/mol.